The van der Waals surface area contributed by atoms with Crippen LogP contribution in [0, 0.1) is 5.82 Å². The summed E-state index contributed by atoms with van der Waals surface area (Å²) >= 11 is 3.31. The second-order valence-electron chi connectivity index (χ2n) is 4.67. The third-order valence-corrected chi connectivity index (χ3v) is 3.75. The summed E-state index contributed by atoms with van der Waals surface area (Å²) in [7, 11) is 0. The van der Waals surface area contributed by atoms with Crippen molar-refractivity contribution in [2.45, 2.75) is 26.8 Å². The van der Waals surface area contributed by atoms with Gasteiger partial charge in [0.1, 0.15) is 11.6 Å². The van der Waals surface area contributed by atoms with Crippen LogP contribution in [0.25, 0.3) is 0 Å². The van der Waals surface area contributed by atoms with E-state index >= 15 is 0 Å². The lowest BCUT2D eigenvalue weighted by Gasteiger charge is -2.20. The van der Waals surface area contributed by atoms with Gasteiger partial charge in [0.25, 0.3) is 5.91 Å². The Morgan fingerprint density at radius 1 is 1.29 bits per heavy atom. The van der Waals surface area contributed by atoms with Gasteiger partial charge < -0.3 is 9.32 Å². The fourth-order valence-corrected chi connectivity index (χ4v) is 2.44. The number of carbonyl (C=O) groups is 1. The first kappa shape index (κ1) is 15.8. The molecular formula is C16H17BrFNO2. The molecule has 2 rings (SSSR count). The molecule has 1 aromatic heterocycles. The predicted octanol–water partition coefficient (Wildman–Crippen LogP) is 4.41. The molecule has 0 saturated heterocycles. The molecule has 112 valence electrons. The van der Waals surface area contributed by atoms with E-state index in [9.17, 15) is 9.18 Å². The number of aryl methyl sites for hydroxylation is 1. The molecule has 0 aliphatic heterocycles. The van der Waals surface area contributed by atoms with Crippen molar-refractivity contribution in [1.82, 2.24) is 4.90 Å². The average molecular weight is 354 g/mol. The van der Waals surface area contributed by atoms with Gasteiger partial charge in [-0.3, -0.25) is 4.79 Å². The van der Waals surface area contributed by atoms with E-state index in [0.29, 0.717) is 17.9 Å². The van der Waals surface area contributed by atoms with Gasteiger partial charge in [0.2, 0.25) is 0 Å². The van der Waals surface area contributed by atoms with Gasteiger partial charge in [0.05, 0.1) is 0 Å². The minimum absolute atomic E-state index is 0.211. The molecule has 5 heteroatoms. The van der Waals surface area contributed by atoms with Gasteiger partial charge in [-0.1, -0.05) is 22.9 Å². The predicted molar refractivity (Wildman–Crippen MR) is 82.6 cm³/mol. The van der Waals surface area contributed by atoms with Crippen molar-refractivity contribution in [3.63, 3.8) is 0 Å². The third kappa shape index (κ3) is 3.73. The lowest BCUT2D eigenvalue weighted by molar-refractivity contribution is 0.0717. The summed E-state index contributed by atoms with van der Waals surface area (Å²) in [5.74, 6) is 0.516. The second-order valence-corrected chi connectivity index (χ2v) is 5.59. The molecule has 0 aliphatic rings. The largest absolute Gasteiger partial charge is 0.456 e. The quantitative estimate of drug-likeness (QED) is 0.797. The topological polar surface area (TPSA) is 33.5 Å². The van der Waals surface area contributed by atoms with Crippen LogP contribution in [-0.2, 0) is 13.0 Å². The molecule has 0 bridgehead atoms. The van der Waals surface area contributed by atoms with Crippen LogP contribution in [0.2, 0.25) is 0 Å². The maximum absolute atomic E-state index is 13.8. The van der Waals surface area contributed by atoms with Crippen molar-refractivity contribution in [1.29, 1.82) is 0 Å². The molecule has 1 heterocycles. The molecule has 0 atom stereocenters. The number of hydrogen-bond donors (Lipinski definition) is 0. The second kappa shape index (κ2) is 6.89. The molecule has 0 aliphatic carbocycles. The lowest BCUT2D eigenvalue weighted by Crippen LogP contribution is -2.30. The smallest absolute Gasteiger partial charge is 0.289 e. The van der Waals surface area contributed by atoms with Gasteiger partial charge in [0, 0.05) is 29.5 Å². The maximum atomic E-state index is 13.8. The van der Waals surface area contributed by atoms with Crippen LogP contribution >= 0.6 is 15.9 Å². The Labute approximate surface area is 131 Å². The highest BCUT2D eigenvalue weighted by atomic mass is 79.9. The Morgan fingerprint density at radius 3 is 2.67 bits per heavy atom. The molecular weight excluding hydrogens is 337 g/mol. The van der Waals surface area contributed by atoms with Crippen LogP contribution in [0.15, 0.2) is 39.2 Å². The summed E-state index contributed by atoms with van der Waals surface area (Å²) in [5.41, 5.74) is 0.474. The Morgan fingerprint density at radius 2 is 2.05 bits per heavy atom. The van der Waals surface area contributed by atoms with Gasteiger partial charge in [-0.25, -0.2) is 4.39 Å². The van der Waals surface area contributed by atoms with Crippen LogP contribution in [0.4, 0.5) is 4.39 Å². The first-order valence-corrected chi connectivity index (χ1v) is 7.66. The number of carbonyl (C=O) groups excluding carboxylic acids is 1. The number of rotatable bonds is 5. The molecule has 21 heavy (non-hydrogen) atoms. The van der Waals surface area contributed by atoms with Gasteiger partial charge in [-0.15, -0.1) is 0 Å². The van der Waals surface area contributed by atoms with E-state index in [1.54, 1.807) is 29.2 Å². The van der Waals surface area contributed by atoms with E-state index in [4.69, 9.17) is 4.42 Å². The van der Waals surface area contributed by atoms with Crippen LogP contribution in [0.1, 0.15) is 35.7 Å². The average Bonchev–Trinajstić information content (AvgIpc) is 2.96. The number of amides is 1. The number of benzene rings is 1. The molecule has 2 aromatic rings. The zero-order valence-corrected chi connectivity index (χ0v) is 13.6. The molecule has 0 N–H and O–H groups in total. The summed E-state index contributed by atoms with van der Waals surface area (Å²) in [6, 6.07) is 8.17. The van der Waals surface area contributed by atoms with Gasteiger partial charge >= 0.3 is 0 Å². The van der Waals surface area contributed by atoms with Crippen LogP contribution in [-0.4, -0.2) is 17.4 Å². The molecule has 1 amide bonds. The molecule has 0 unspecified atom stereocenters. The molecule has 0 radical (unpaired) electrons. The van der Waals surface area contributed by atoms with Gasteiger partial charge in [0.15, 0.2) is 5.76 Å². The zero-order valence-electron chi connectivity index (χ0n) is 12.0. The summed E-state index contributed by atoms with van der Waals surface area (Å²) in [6.45, 7) is 4.51. The molecule has 0 fully saturated rings. The van der Waals surface area contributed by atoms with E-state index in [1.807, 2.05) is 13.8 Å². The lowest BCUT2D eigenvalue weighted by atomic mass is 10.2. The summed E-state index contributed by atoms with van der Waals surface area (Å²) < 4.78 is 20.1. The monoisotopic (exact) mass is 353 g/mol. The molecule has 1 aromatic carbocycles. The summed E-state index contributed by atoms with van der Waals surface area (Å²) in [6.07, 6.45) is 0.736. The van der Waals surface area contributed by atoms with Crippen molar-refractivity contribution in [3.05, 3.63) is 57.7 Å². The standard InChI is InChI=1S/C16H17BrFNO2/c1-3-13-6-8-15(21-13)16(20)19(4-2)10-11-9-12(17)5-7-14(11)18/h5-9H,3-4,10H2,1-2H3. The highest BCUT2D eigenvalue weighted by Crippen LogP contribution is 2.19. The van der Waals surface area contributed by atoms with E-state index in [-0.39, 0.29) is 18.3 Å². The summed E-state index contributed by atoms with van der Waals surface area (Å²) in [5, 5.41) is 0. The highest BCUT2D eigenvalue weighted by molar-refractivity contribution is 9.10. The van der Waals surface area contributed by atoms with E-state index in [1.165, 1.54) is 6.07 Å². The van der Waals surface area contributed by atoms with E-state index in [2.05, 4.69) is 15.9 Å². The number of halogens is 2. The summed E-state index contributed by atoms with van der Waals surface area (Å²) in [4.78, 5) is 14.0. The fourth-order valence-electron chi connectivity index (χ4n) is 2.04. The minimum atomic E-state index is -0.321. The number of nitrogens with zero attached hydrogens (tertiary/aromatic N) is 1. The van der Waals surface area contributed by atoms with Crippen molar-refractivity contribution in [3.8, 4) is 0 Å². The SMILES string of the molecule is CCc1ccc(C(=O)N(CC)Cc2cc(Br)ccc2F)o1. The zero-order chi connectivity index (χ0) is 15.4. The number of furan rings is 1. The van der Waals surface area contributed by atoms with Gasteiger partial charge in [-0.2, -0.15) is 0 Å². The van der Waals surface area contributed by atoms with Crippen molar-refractivity contribution < 1.29 is 13.6 Å². The normalized spacial score (nSPS) is 10.7. The van der Waals surface area contributed by atoms with Crippen LogP contribution in [0.3, 0.4) is 0 Å². The van der Waals surface area contributed by atoms with Crippen LogP contribution < -0.4 is 0 Å². The minimum Gasteiger partial charge on any atom is -0.456 e. The first-order valence-electron chi connectivity index (χ1n) is 6.87. The Balaban J connectivity index is 2.19. The Bertz CT molecular complexity index is 639. The van der Waals surface area contributed by atoms with Crippen molar-refractivity contribution >= 4 is 21.8 Å². The van der Waals surface area contributed by atoms with Gasteiger partial charge in [-0.05, 0) is 37.3 Å². The van der Waals surface area contributed by atoms with E-state index in [0.717, 1.165) is 16.7 Å². The maximum Gasteiger partial charge on any atom is 0.289 e. The number of hydrogen-bond acceptors (Lipinski definition) is 2. The molecule has 0 saturated carbocycles. The molecule has 0 spiro atoms. The Kier molecular flexibility index (Phi) is 5.17. The van der Waals surface area contributed by atoms with Crippen molar-refractivity contribution in [2.75, 3.05) is 6.54 Å². The third-order valence-electron chi connectivity index (χ3n) is 3.26. The fraction of sp³-hybridized carbons (Fsp3) is 0.312. The Hall–Kier alpha value is -1.62. The van der Waals surface area contributed by atoms with E-state index < -0.39 is 0 Å². The van der Waals surface area contributed by atoms with Crippen molar-refractivity contribution in [2.24, 2.45) is 0 Å². The molecule has 3 nitrogen and oxygen atoms in total. The first-order chi connectivity index (χ1) is 10.0. The highest BCUT2D eigenvalue weighted by Gasteiger charge is 2.19. The van der Waals surface area contributed by atoms with Crippen LogP contribution in [0.5, 0.6) is 0 Å².